The Morgan fingerprint density at radius 1 is 1.28 bits per heavy atom. The van der Waals surface area contributed by atoms with Crippen molar-refractivity contribution in [1.82, 2.24) is 15.5 Å². The van der Waals surface area contributed by atoms with E-state index in [-0.39, 0.29) is 0 Å². The van der Waals surface area contributed by atoms with Crippen LogP contribution in [-0.2, 0) is 6.42 Å². The molecule has 1 N–H and O–H groups in total. The molecule has 0 aliphatic carbocycles. The Hall–Kier alpha value is -1.20. The van der Waals surface area contributed by atoms with Crippen LogP contribution in [0.5, 0.6) is 0 Å². The number of rotatable bonds is 6. The highest BCUT2D eigenvalue weighted by Gasteiger charge is 2.10. The summed E-state index contributed by atoms with van der Waals surface area (Å²) in [6.07, 6.45) is 1.82. The minimum atomic E-state index is 0.570. The summed E-state index contributed by atoms with van der Waals surface area (Å²) < 4.78 is 6.62. The molecule has 0 amide bonds. The summed E-state index contributed by atoms with van der Waals surface area (Å²) in [5.41, 5.74) is 0.933. The molecule has 2 aromatic rings. The maximum Gasteiger partial charge on any atom is 0.248 e. The average Bonchev–Trinajstić information content (AvgIpc) is 2.84. The molecule has 0 unspecified atom stereocenters. The molecule has 1 aromatic carbocycles. The summed E-state index contributed by atoms with van der Waals surface area (Å²) >= 11 is 3.48. The van der Waals surface area contributed by atoms with Gasteiger partial charge in [-0.1, -0.05) is 19.1 Å². The fourth-order valence-electron chi connectivity index (χ4n) is 1.64. The summed E-state index contributed by atoms with van der Waals surface area (Å²) in [4.78, 5) is 0. The molecule has 0 spiro atoms. The highest BCUT2D eigenvalue weighted by atomic mass is 79.9. The van der Waals surface area contributed by atoms with Crippen LogP contribution >= 0.6 is 15.9 Å². The molecule has 1 aromatic heterocycles. The van der Waals surface area contributed by atoms with E-state index in [1.165, 1.54) is 0 Å². The highest BCUT2D eigenvalue weighted by Crippen LogP contribution is 2.26. The zero-order valence-electron chi connectivity index (χ0n) is 10.3. The van der Waals surface area contributed by atoms with E-state index in [4.69, 9.17) is 4.42 Å². The van der Waals surface area contributed by atoms with Gasteiger partial charge in [-0.25, -0.2) is 0 Å². The van der Waals surface area contributed by atoms with Crippen molar-refractivity contribution in [1.29, 1.82) is 0 Å². The number of aryl methyl sites for hydroxylation is 1. The van der Waals surface area contributed by atoms with E-state index in [2.05, 4.69) is 38.4 Å². The first-order chi connectivity index (χ1) is 8.81. The molecule has 0 aliphatic heterocycles. The third kappa shape index (κ3) is 3.40. The first-order valence-corrected chi connectivity index (χ1v) is 6.88. The van der Waals surface area contributed by atoms with Gasteiger partial charge >= 0.3 is 0 Å². The summed E-state index contributed by atoms with van der Waals surface area (Å²) in [6.45, 7) is 4.06. The van der Waals surface area contributed by atoms with Crippen LogP contribution in [0.3, 0.4) is 0 Å². The van der Waals surface area contributed by atoms with Crippen molar-refractivity contribution in [2.24, 2.45) is 0 Å². The predicted octanol–water partition coefficient (Wildman–Crippen LogP) is 3.04. The fourth-order valence-corrected chi connectivity index (χ4v) is 2.09. The van der Waals surface area contributed by atoms with Gasteiger partial charge in [0, 0.05) is 10.9 Å². The fraction of sp³-hybridized carbons (Fsp3) is 0.385. The van der Waals surface area contributed by atoms with Gasteiger partial charge in [0.05, 0.1) is 5.56 Å². The third-order valence-electron chi connectivity index (χ3n) is 2.57. The molecule has 0 radical (unpaired) electrons. The summed E-state index contributed by atoms with van der Waals surface area (Å²) in [5.74, 6) is 1.26. The van der Waals surface area contributed by atoms with Crippen LogP contribution < -0.4 is 5.32 Å². The van der Waals surface area contributed by atoms with E-state index in [1.54, 1.807) is 0 Å². The second-order valence-electron chi connectivity index (χ2n) is 3.94. The summed E-state index contributed by atoms with van der Waals surface area (Å²) in [5, 5.41) is 11.4. The van der Waals surface area contributed by atoms with Gasteiger partial charge in [-0.15, -0.1) is 10.2 Å². The molecule has 1 heterocycles. The molecule has 0 saturated carbocycles. The molecule has 18 heavy (non-hydrogen) atoms. The molecule has 0 saturated heterocycles. The first kappa shape index (κ1) is 13.2. The van der Waals surface area contributed by atoms with Crippen LogP contribution in [0.25, 0.3) is 11.5 Å². The molecule has 0 bridgehead atoms. The Bertz CT molecular complexity index is 498. The van der Waals surface area contributed by atoms with E-state index in [9.17, 15) is 0 Å². The van der Waals surface area contributed by atoms with Crippen LogP contribution in [0.1, 0.15) is 19.2 Å². The van der Waals surface area contributed by atoms with Crippen LogP contribution in [-0.4, -0.2) is 23.3 Å². The van der Waals surface area contributed by atoms with Crippen molar-refractivity contribution >= 4 is 15.9 Å². The number of hydrogen-bond acceptors (Lipinski definition) is 4. The van der Waals surface area contributed by atoms with Gasteiger partial charge in [-0.2, -0.15) is 0 Å². The molecule has 4 nitrogen and oxygen atoms in total. The second-order valence-corrected chi connectivity index (χ2v) is 4.79. The maximum absolute atomic E-state index is 5.65. The molecular weight excluding hydrogens is 294 g/mol. The lowest BCUT2D eigenvalue weighted by Gasteiger charge is -1.98. The number of hydrogen-bond donors (Lipinski definition) is 1. The Labute approximate surface area is 115 Å². The first-order valence-electron chi connectivity index (χ1n) is 6.09. The van der Waals surface area contributed by atoms with E-state index in [1.807, 2.05) is 24.3 Å². The standard InChI is InChI=1S/C13H16BrN3O/c1-2-15-9-5-8-12-16-17-13(18-12)10-6-3-4-7-11(10)14/h3-4,6-7,15H,2,5,8-9H2,1H3. The van der Waals surface area contributed by atoms with Gasteiger partial charge in [0.15, 0.2) is 0 Å². The molecule has 0 aliphatic rings. The molecule has 0 atom stereocenters. The van der Waals surface area contributed by atoms with Crippen molar-refractivity contribution in [2.45, 2.75) is 19.8 Å². The van der Waals surface area contributed by atoms with E-state index in [0.29, 0.717) is 11.8 Å². The van der Waals surface area contributed by atoms with Crippen molar-refractivity contribution in [3.63, 3.8) is 0 Å². The number of benzene rings is 1. The lowest BCUT2D eigenvalue weighted by Crippen LogP contribution is -2.14. The van der Waals surface area contributed by atoms with Gasteiger partial charge in [-0.05, 0) is 47.6 Å². The number of nitrogens with zero attached hydrogens (tertiary/aromatic N) is 2. The largest absolute Gasteiger partial charge is 0.421 e. The molecule has 2 rings (SSSR count). The molecule has 96 valence electrons. The van der Waals surface area contributed by atoms with Crippen molar-refractivity contribution in [3.8, 4) is 11.5 Å². The van der Waals surface area contributed by atoms with Gasteiger partial charge < -0.3 is 9.73 Å². The normalized spacial score (nSPS) is 10.8. The average molecular weight is 310 g/mol. The third-order valence-corrected chi connectivity index (χ3v) is 3.26. The Kier molecular flexibility index (Phi) is 4.90. The minimum absolute atomic E-state index is 0.570. The number of aromatic nitrogens is 2. The Balaban J connectivity index is 2.00. The zero-order valence-corrected chi connectivity index (χ0v) is 11.9. The van der Waals surface area contributed by atoms with E-state index in [0.717, 1.165) is 36.0 Å². The van der Waals surface area contributed by atoms with Crippen LogP contribution in [0, 0.1) is 0 Å². The SMILES string of the molecule is CCNCCCc1nnc(-c2ccccc2Br)o1. The lowest BCUT2D eigenvalue weighted by atomic mass is 10.2. The van der Waals surface area contributed by atoms with Gasteiger partial charge in [0.1, 0.15) is 0 Å². The zero-order chi connectivity index (χ0) is 12.8. The van der Waals surface area contributed by atoms with Gasteiger partial charge in [0.2, 0.25) is 11.8 Å². The van der Waals surface area contributed by atoms with E-state index >= 15 is 0 Å². The summed E-state index contributed by atoms with van der Waals surface area (Å²) in [7, 11) is 0. The number of nitrogens with one attached hydrogen (secondary N) is 1. The monoisotopic (exact) mass is 309 g/mol. The number of halogens is 1. The van der Waals surface area contributed by atoms with E-state index < -0.39 is 0 Å². The van der Waals surface area contributed by atoms with Crippen LogP contribution in [0.15, 0.2) is 33.2 Å². The van der Waals surface area contributed by atoms with Crippen LogP contribution in [0.2, 0.25) is 0 Å². The minimum Gasteiger partial charge on any atom is -0.421 e. The second kappa shape index (κ2) is 6.66. The van der Waals surface area contributed by atoms with Crippen molar-refractivity contribution in [3.05, 3.63) is 34.6 Å². The molecule has 0 fully saturated rings. The Morgan fingerprint density at radius 2 is 2.11 bits per heavy atom. The molecule has 5 heteroatoms. The maximum atomic E-state index is 5.65. The predicted molar refractivity (Wildman–Crippen MR) is 74.3 cm³/mol. The van der Waals surface area contributed by atoms with Crippen molar-refractivity contribution < 1.29 is 4.42 Å². The van der Waals surface area contributed by atoms with Crippen LogP contribution in [0.4, 0.5) is 0 Å². The lowest BCUT2D eigenvalue weighted by molar-refractivity contribution is 0.492. The topological polar surface area (TPSA) is 51.0 Å². The smallest absolute Gasteiger partial charge is 0.248 e. The summed E-state index contributed by atoms with van der Waals surface area (Å²) in [6, 6.07) is 7.83. The quantitative estimate of drug-likeness (QED) is 0.833. The molecular formula is C13H16BrN3O. The van der Waals surface area contributed by atoms with Gasteiger partial charge in [-0.3, -0.25) is 0 Å². The highest BCUT2D eigenvalue weighted by molar-refractivity contribution is 9.10. The van der Waals surface area contributed by atoms with Gasteiger partial charge in [0.25, 0.3) is 0 Å². The van der Waals surface area contributed by atoms with Crippen molar-refractivity contribution in [2.75, 3.05) is 13.1 Å². The Morgan fingerprint density at radius 3 is 2.89 bits per heavy atom.